The second-order valence-corrected chi connectivity index (χ2v) is 17.9. The van der Waals surface area contributed by atoms with Gasteiger partial charge in [0.05, 0.1) is 0 Å². The van der Waals surface area contributed by atoms with Crippen LogP contribution in [0.15, 0.2) is 12.7 Å². The van der Waals surface area contributed by atoms with Crippen molar-refractivity contribution in [2.24, 2.45) is 0 Å². The molecule has 0 heterocycles. The Morgan fingerprint density at radius 1 is 1.50 bits per heavy atom. The highest BCUT2D eigenvalue weighted by atomic mass is 33.2. The molecule has 0 fully saturated rings. The monoisotopic (exact) mass is 269 g/mol. The van der Waals surface area contributed by atoms with E-state index < -0.39 is 4.44 Å². The highest BCUT2D eigenvalue weighted by Gasteiger charge is 2.42. The first-order chi connectivity index (χ1) is 6.25. The van der Waals surface area contributed by atoms with Crippen LogP contribution in [0.3, 0.4) is 0 Å². The lowest BCUT2D eigenvalue weighted by atomic mass is 10.3. The van der Waals surface area contributed by atoms with Gasteiger partial charge in [-0.2, -0.15) is 0 Å². The smallest absolute Gasteiger partial charge is 0.103 e. The number of hydrogen-bond acceptors (Lipinski definition) is 1. The van der Waals surface area contributed by atoms with E-state index >= 15 is 0 Å². The molecule has 0 amide bonds. The molecule has 0 N–H and O–H groups in total. The SMILES string of the molecule is C=CCC[S+](C(C)(C)C)P(=S)(S)CC. The topological polar surface area (TPSA) is 0 Å². The van der Waals surface area contributed by atoms with Gasteiger partial charge in [0, 0.05) is 23.1 Å². The minimum absolute atomic E-state index is 0.267. The maximum absolute atomic E-state index is 5.68. The second kappa shape index (κ2) is 5.98. The molecule has 0 saturated carbocycles. The van der Waals surface area contributed by atoms with Crippen molar-refractivity contribution < 1.29 is 0 Å². The van der Waals surface area contributed by atoms with Gasteiger partial charge in [0.25, 0.3) is 0 Å². The lowest BCUT2D eigenvalue weighted by molar-refractivity contribution is 0.796. The molecule has 0 aromatic rings. The minimum Gasteiger partial charge on any atom is -0.103 e. The van der Waals surface area contributed by atoms with Crippen molar-refractivity contribution in [2.45, 2.75) is 38.9 Å². The first-order valence-electron chi connectivity index (χ1n) is 4.90. The molecule has 0 aliphatic heterocycles. The van der Waals surface area contributed by atoms with E-state index in [1.807, 2.05) is 6.08 Å². The molecule has 0 aromatic carbocycles. The zero-order valence-corrected chi connectivity index (χ0v) is 13.0. The van der Waals surface area contributed by atoms with Crippen LogP contribution >= 0.6 is 16.7 Å². The van der Waals surface area contributed by atoms with Gasteiger partial charge in [-0.3, -0.25) is 0 Å². The van der Waals surface area contributed by atoms with Crippen LogP contribution in [0, 0.1) is 0 Å². The quantitative estimate of drug-likeness (QED) is 0.337. The molecule has 0 saturated heterocycles. The predicted molar refractivity (Wildman–Crippen MR) is 80.6 cm³/mol. The fourth-order valence-electron chi connectivity index (χ4n) is 1.23. The summed E-state index contributed by atoms with van der Waals surface area (Å²) >= 11 is 10.4. The molecule has 4 heteroatoms. The van der Waals surface area contributed by atoms with Crippen molar-refractivity contribution in [3.8, 4) is 0 Å². The molecule has 0 aliphatic rings. The van der Waals surface area contributed by atoms with Crippen molar-refractivity contribution in [3.05, 3.63) is 12.7 Å². The Hall–Kier alpha value is 1.09. The van der Waals surface area contributed by atoms with Gasteiger partial charge in [-0.05, 0) is 32.6 Å². The van der Waals surface area contributed by atoms with E-state index in [4.69, 9.17) is 24.1 Å². The molecule has 0 aliphatic carbocycles. The predicted octanol–water partition coefficient (Wildman–Crippen LogP) is 4.24. The molecule has 2 unspecified atom stereocenters. The van der Waals surface area contributed by atoms with E-state index in [1.54, 1.807) is 0 Å². The van der Waals surface area contributed by atoms with Gasteiger partial charge < -0.3 is 0 Å². The summed E-state index contributed by atoms with van der Waals surface area (Å²) in [5, 5.41) is 0. The fourth-order valence-corrected chi connectivity index (χ4v) is 14.0. The van der Waals surface area contributed by atoms with Crippen molar-refractivity contribution in [2.75, 3.05) is 11.9 Å². The fraction of sp³-hybridized carbons (Fsp3) is 0.800. The van der Waals surface area contributed by atoms with E-state index in [-0.39, 0.29) is 10.5 Å². The summed E-state index contributed by atoms with van der Waals surface area (Å²) in [5.74, 6) is 1.17. The number of allylic oxidation sites excluding steroid dienone is 1. The largest absolute Gasteiger partial charge is 0.189 e. The Labute approximate surface area is 102 Å². The van der Waals surface area contributed by atoms with Crippen molar-refractivity contribution >= 4 is 39.0 Å². The molecule has 0 aromatic heterocycles. The zero-order valence-electron chi connectivity index (χ0n) is 9.62. The summed E-state index contributed by atoms with van der Waals surface area (Å²) in [7, 11) is 0.267. The highest BCUT2D eigenvalue weighted by molar-refractivity contribution is 8.95. The van der Waals surface area contributed by atoms with Gasteiger partial charge in [-0.25, -0.2) is 0 Å². The average molecular weight is 269 g/mol. The first-order valence-corrected chi connectivity index (χ1v) is 11.0. The second-order valence-electron chi connectivity index (χ2n) is 4.21. The summed E-state index contributed by atoms with van der Waals surface area (Å²) in [6.45, 7) is 12.8. The van der Waals surface area contributed by atoms with Gasteiger partial charge in [0.1, 0.15) is 10.5 Å². The van der Waals surface area contributed by atoms with Crippen molar-refractivity contribution in [1.82, 2.24) is 0 Å². The molecule has 0 nitrogen and oxygen atoms in total. The molecule has 0 bridgehead atoms. The van der Waals surface area contributed by atoms with Crippen LogP contribution in [0.2, 0.25) is 0 Å². The van der Waals surface area contributed by atoms with E-state index in [1.165, 1.54) is 5.75 Å². The van der Waals surface area contributed by atoms with Crippen LogP contribution in [-0.2, 0) is 22.3 Å². The summed E-state index contributed by atoms with van der Waals surface area (Å²) in [4.78, 5) is 0. The third kappa shape index (κ3) is 4.74. The van der Waals surface area contributed by atoms with Gasteiger partial charge in [-0.1, -0.05) is 25.2 Å². The van der Waals surface area contributed by atoms with Gasteiger partial charge >= 0.3 is 0 Å². The van der Waals surface area contributed by atoms with Crippen molar-refractivity contribution in [1.29, 1.82) is 0 Å². The standard InChI is InChI=1S/C10H21PS3/c1-6-8-9-14(10(3,4)5)11(12,13)7-2/h6H,1,7-9H2,2-5H3/p+1. The zero-order chi connectivity index (χ0) is 11.4. The van der Waals surface area contributed by atoms with Gasteiger partial charge in [0.2, 0.25) is 0 Å². The number of rotatable bonds is 5. The summed E-state index contributed by atoms with van der Waals surface area (Å²) in [6.07, 6.45) is 4.12. The Morgan fingerprint density at radius 2 is 2.00 bits per heavy atom. The average Bonchev–Trinajstić information content (AvgIpc) is 2.02. The Morgan fingerprint density at radius 3 is 2.29 bits per heavy atom. The lowest BCUT2D eigenvalue weighted by Crippen LogP contribution is -2.29. The first kappa shape index (κ1) is 15.1. The summed E-state index contributed by atoms with van der Waals surface area (Å²) in [5.41, 5.74) is 0. The molecule has 0 rings (SSSR count). The normalized spacial score (nSPS) is 18.6. The Bertz CT molecular complexity index is 230. The Balaban J connectivity index is 4.73. The highest BCUT2D eigenvalue weighted by Crippen LogP contribution is 2.62. The molecular formula is C10H22PS3+. The van der Waals surface area contributed by atoms with Crippen LogP contribution in [0.1, 0.15) is 34.1 Å². The van der Waals surface area contributed by atoms with Crippen LogP contribution in [-0.4, -0.2) is 16.7 Å². The number of thiol groups is 1. The summed E-state index contributed by atoms with van der Waals surface area (Å²) < 4.78 is -1.13. The van der Waals surface area contributed by atoms with E-state index in [0.29, 0.717) is 4.75 Å². The molecule has 0 radical (unpaired) electrons. The van der Waals surface area contributed by atoms with E-state index in [2.05, 4.69) is 34.3 Å². The Kier molecular flexibility index (Phi) is 6.45. The number of hydrogen-bond donors (Lipinski definition) is 1. The molecule has 2 atom stereocenters. The lowest BCUT2D eigenvalue weighted by Gasteiger charge is -2.27. The molecular weight excluding hydrogens is 247 g/mol. The summed E-state index contributed by atoms with van der Waals surface area (Å²) in [6, 6.07) is 0. The van der Waals surface area contributed by atoms with E-state index in [0.717, 1.165) is 12.6 Å². The van der Waals surface area contributed by atoms with Gasteiger partial charge in [-0.15, -0.1) is 6.58 Å². The maximum atomic E-state index is 5.68. The maximum Gasteiger partial charge on any atom is 0.189 e. The molecule has 84 valence electrons. The van der Waals surface area contributed by atoms with Crippen LogP contribution in [0.4, 0.5) is 0 Å². The molecule has 14 heavy (non-hydrogen) atoms. The van der Waals surface area contributed by atoms with Crippen LogP contribution < -0.4 is 0 Å². The van der Waals surface area contributed by atoms with Crippen molar-refractivity contribution in [3.63, 3.8) is 0 Å². The molecule has 0 spiro atoms. The van der Waals surface area contributed by atoms with Crippen LogP contribution in [0.25, 0.3) is 0 Å². The minimum atomic E-state index is -1.43. The van der Waals surface area contributed by atoms with Crippen LogP contribution in [0.5, 0.6) is 0 Å². The third-order valence-electron chi connectivity index (χ3n) is 1.97. The van der Waals surface area contributed by atoms with Gasteiger partial charge in [0.15, 0.2) is 4.44 Å². The van der Waals surface area contributed by atoms with E-state index in [9.17, 15) is 0 Å². The third-order valence-corrected chi connectivity index (χ3v) is 15.5.